The molecule has 1 amide bonds. The number of hydrogen-bond donors (Lipinski definition) is 0. The van der Waals surface area contributed by atoms with Crippen LogP contribution in [0.5, 0.6) is 0 Å². The fraction of sp³-hybridized carbons (Fsp3) is 0.692. The highest BCUT2D eigenvalue weighted by atomic mass is 16.6. The Morgan fingerprint density at radius 2 is 1.89 bits per heavy atom. The lowest BCUT2D eigenvalue weighted by Gasteiger charge is -2.24. The monoisotopic (exact) mass is 257 g/mol. The molecule has 0 heterocycles. The third kappa shape index (κ3) is 8.61. The molecule has 0 N–H and O–H groups in total. The molecule has 0 aliphatic heterocycles. The highest BCUT2D eigenvalue weighted by molar-refractivity contribution is 5.81. The molecule has 0 aromatic heterocycles. The zero-order chi connectivity index (χ0) is 14.2. The van der Waals surface area contributed by atoms with Crippen LogP contribution in [0.1, 0.15) is 34.1 Å². The third-order valence-corrected chi connectivity index (χ3v) is 1.88. The number of ether oxygens (including phenoxy) is 2. The lowest BCUT2D eigenvalue weighted by atomic mass is 10.2. The van der Waals surface area contributed by atoms with E-state index < -0.39 is 5.60 Å². The van der Waals surface area contributed by atoms with Gasteiger partial charge in [0.1, 0.15) is 5.60 Å². The minimum absolute atomic E-state index is 0.362. The molecule has 104 valence electrons. The molecule has 0 spiro atoms. The lowest BCUT2D eigenvalue weighted by Crippen LogP contribution is -2.34. The third-order valence-electron chi connectivity index (χ3n) is 1.88. The second-order valence-electron chi connectivity index (χ2n) is 4.84. The number of hydrogen-bond acceptors (Lipinski definition) is 4. The Balaban J connectivity index is 3.93. The molecule has 0 aliphatic carbocycles. The predicted molar refractivity (Wildman–Crippen MR) is 69.3 cm³/mol. The first kappa shape index (κ1) is 16.5. The molecule has 0 saturated heterocycles. The van der Waals surface area contributed by atoms with Crippen molar-refractivity contribution in [2.75, 3.05) is 20.2 Å². The summed E-state index contributed by atoms with van der Waals surface area (Å²) >= 11 is 0. The molecule has 0 rings (SSSR count). The van der Waals surface area contributed by atoms with E-state index in [2.05, 4.69) is 0 Å². The van der Waals surface area contributed by atoms with Gasteiger partial charge in [0.05, 0.1) is 6.61 Å². The topological polar surface area (TPSA) is 55.8 Å². The van der Waals surface area contributed by atoms with Gasteiger partial charge in [-0.25, -0.2) is 9.59 Å². The molecule has 0 aliphatic rings. The zero-order valence-corrected chi connectivity index (χ0v) is 11.9. The number of esters is 1. The van der Waals surface area contributed by atoms with Gasteiger partial charge in [-0.05, 0) is 34.1 Å². The second kappa shape index (κ2) is 7.74. The average molecular weight is 257 g/mol. The van der Waals surface area contributed by atoms with Gasteiger partial charge in [-0.15, -0.1) is 0 Å². The Morgan fingerprint density at radius 3 is 2.39 bits per heavy atom. The molecule has 0 radical (unpaired) electrons. The maximum absolute atomic E-state index is 11.6. The molecule has 0 aromatic rings. The van der Waals surface area contributed by atoms with E-state index in [0.29, 0.717) is 19.6 Å². The van der Waals surface area contributed by atoms with Crippen molar-refractivity contribution >= 4 is 12.1 Å². The molecule has 0 saturated carbocycles. The van der Waals surface area contributed by atoms with Crippen LogP contribution >= 0.6 is 0 Å². The molecular weight excluding hydrogens is 234 g/mol. The van der Waals surface area contributed by atoms with Gasteiger partial charge in [-0.1, -0.05) is 6.08 Å². The highest BCUT2D eigenvalue weighted by Gasteiger charge is 2.18. The van der Waals surface area contributed by atoms with Crippen molar-refractivity contribution in [2.24, 2.45) is 0 Å². The van der Waals surface area contributed by atoms with Gasteiger partial charge >= 0.3 is 12.1 Å². The maximum atomic E-state index is 11.6. The smallest absolute Gasteiger partial charge is 0.410 e. The molecular formula is C13H23NO4. The Kier molecular flexibility index (Phi) is 7.08. The van der Waals surface area contributed by atoms with Crippen LogP contribution in [0.25, 0.3) is 0 Å². The second-order valence-corrected chi connectivity index (χ2v) is 4.84. The maximum Gasteiger partial charge on any atom is 0.410 e. The zero-order valence-electron chi connectivity index (χ0n) is 11.9. The molecule has 0 unspecified atom stereocenters. The van der Waals surface area contributed by atoms with E-state index in [4.69, 9.17) is 9.47 Å². The molecule has 0 aromatic carbocycles. The average Bonchev–Trinajstić information content (AvgIpc) is 2.22. The van der Waals surface area contributed by atoms with E-state index >= 15 is 0 Å². The first-order valence-corrected chi connectivity index (χ1v) is 6.03. The van der Waals surface area contributed by atoms with Crippen molar-refractivity contribution in [3.63, 3.8) is 0 Å². The van der Waals surface area contributed by atoms with Crippen molar-refractivity contribution in [1.29, 1.82) is 0 Å². The van der Waals surface area contributed by atoms with Gasteiger partial charge in [0.15, 0.2) is 0 Å². The largest absolute Gasteiger partial charge is 0.463 e. The first-order chi connectivity index (χ1) is 8.26. The summed E-state index contributed by atoms with van der Waals surface area (Å²) in [4.78, 5) is 24.0. The van der Waals surface area contributed by atoms with Gasteiger partial charge in [0.2, 0.25) is 0 Å². The molecule has 0 bridgehead atoms. The summed E-state index contributed by atoms with van der Waals surface area (Å²) in [5.41, 5.74) is -0.494. The van der Waals surface area contributed by atoms with Crippen LogP contribution in [0.3, 0.4) is 0 Å². The Hall–Kier alpha value is -1.52. The summed E-state index contributed by atoms with van der Waals surface area (Å²) in [6, 6.07) is 0. The summed E-state index contributed by atoms with van der Waals surface area (Å²) in [5, 5.41) is 0. The fourth-order valence-electron chi connectivity index (χ4n) is 1.07. The Morgan fingerprint density at radius 1 is 1.28 bits per heavy atom. The van der Waals surface area contributed by atoms with Crippen molar-refractivity contribution < 1.29 is 19.1 Å². The van der Waals surface area contributed by atoms with Crippen LogP contribution in [-0.2, 0) is 14.3 Å². The molecule has 18 heavy (non-hydrogen) atoms. The molecule has 5 heteroatoms. The van der Waals surface area contributed by atoms with Crippen LogP contribution in [0.4, 0.5) is 4.79 Å². The first-order valence-electron chi connectivity index (χ1n) is 6.03. The van der Waals surface area contributed by atoms with Gasteiger partial charge in [0, 0.05) is 19.7 Å². The number of carbonyl (C=O) groups is 2. The number of carbonyl (C=O) groups excluding carboxylic acids is 2. The molecule has 0 fully saturated rings. The number of nitrogens with zero attached hydrogens (tertiary/aromatic N) is 1. The Labute approximate surface area is 109 Å². The van der Waals surface area contributed by atoms with Gasteiger partial charge < -0.3 is 14.4 Å². The minimum Gasteiger partial charge on any atom is -0.463 e. The van der Waals surface area contributed by atoms with E-state index in [1.54, 1.807) is 20.0 Å². The van der Waals surface area contributed by atoms with E-state index in [9.17, 15) is 9.59 Å². The standard InChI is InChI=1S/C13H23NO4/c1-6-17-11(15)9-7-8-10-14(5)12(16)18-13(2,3)4/h7,9H,6,8,10H2,1-5H3/b9-7+. The van der Waals surface area contributed by atoms with Crippen LogP contribution in [0.15, 0.2) is 12.2 Å². The van der Waals surface area contributed by atoms with E-state index in [0.717, 1.165) is 0 Å². The van der Waals surface area contributed by atoms with Crippen LogP contribution < -0.4 is 0 Å². The predicted octanol–water partition coefficient (Wildman–Crippen LogP) is 2.36. The highest BCUT2D eigenvalue weighted by Crippen LogP contribution is 2.09. The summed E-state index contributed by atoms with van der Waals surface area (Å²) in [6.45, 7) is 8.06. The van der Waals surface area contributed by atoms with Gasteiger partial charge in [0.25, 0.3) is 0 Å². The van der Waals surface area contributed by atoms with Crippen LogP contribution in [0.2, 0.25) is 0 Å². The quantitative estimate of drug-likeness (QED) is 0.560. The minimum atomic E-state index is -0.494. The van der Waals surface area contributed by atoms with E-state index in [1.807, 2.05) is 20.8 Å². The number of amides is 1. The molecule has 0 atom stereocenters. The normalized spacial score (nSPS) is 11.4. The summed E-state index contributed by atoms with van der Waals surface area (Å²) in [6.07, 6.45) is 3.26. The van der Waals surface area contributed by atoms with Crippen molar-refractivity contribution in [3.05, 3.63) is 12.2 Å². The lowest BCUT2D eigenvalue weighted by molar-refractivity contribution is -0.137. The van der Waals surface area contributed by atoms with Gasteiger partial charge in [-0.2, -0.15) is 0 Å². The van der Waals surface area contributed by atoms with Crippen molar-refractivity contribution in [1.82, 2.24) is 4.90 Å². The number of rotatable bonds is 5. The van der Waals surface area contributed by atoms with Crippen LogP contribution in [-0.4, -0.2) is 42.8 Å². The van der Waals surface area contributed by atoms with Crippen molar-refractivity contribution in [2.45, 2.75) is 39.7 Å². The fourth-order valence-corrected chi connectivity index (χ4v) is 1.07. The molecule has 5 nitrogen and oxygen atoms in total. The summed E-state index contributed by atoms with van der Waals surface area (Å²) in [7, 11) is 1.66. The summed E-state index contributed by atoms with van der Waals surface area (Å²) < 4.78 is 9.92. The van der Waals surface area contributed by atoms with Crippen LogP contribution in [0, 0.1) is 0 Å². The SMILES string of the molecule is CCOC(=O)/C=C/CCN(C)C(=O)OC(C)(C)C. The Bertz CT molecular complexity index is 305. The van der Waals surface area contributed by atoms with E-state index in [-0.39, 0.29) is 12.1 Å². The van der Waals surface area contributed by atoms with Crippen molar-refractivity contribution in [3.8, 4) is 0 Å². The summed E-state index contributed by atoms with van der Waals surface area (Å²) in [5.74, 6) is -0.363. The van der Waals surface area contributed by atoms with E-state index in [1.165, 1.54) is 11.0 Å². The van der Waals surface area contributed by atoms with Gasteiger partial charge in [-0.3, -0.25) is 0 Å².